The van der Waals surface area contributed by atoms with Crippen LogP contribution in [0, 0.1) is 0 Å². The van der Waals surface area contributed by atoms with Crippen molar-refractivity contribution >= 4 is 11.3 Å². The standard InChI is InChI=1S/C14H21F3N2OS/c1-9(2)18-8-11-13(14(15,16)17)19-12(21-11)7-10-5-3-4-6-20-10/h9-10,18H,3-8H2,1-2H3. The number of alkyl halides is 3. The Hall–Kier alpha value is -0.660. The maximum Gasteiger partial charge on any atom is 0.434 e. The van der Waals surface area contributed by atoms with Crippen LogP contribution in [0.4, 0.5) is 13.2 Å². The number of ether oxygens (including phenoxy) is 1. The first-order valence-electron chi connectivity index (χ1n) is 7.27. The SMILES string of the molecule is CC(C)NCc1sc(CC2CCCCO2)nc1C(F)(F)F. The van der Waals surface area contributed by atoms with Crippen LogP contribution in [0.3, 0.4) is 0 Å². The van der Waals surface area contributed by atoms with Crippen molar-refractivity contribution in [2.75, 3.05) is 6.61 Å². The number of hydrogen-bond acceptors (Lipinski definition) is 4. The lowest BCUT2D eigenvalue weighted by Crippen LogP contribution is -2.23. The molecule has 120 valence electrons. The summed E-state index contributed by atoms with van der Waals surface area (Å²) in [7, 11) is 0. The van der Waals surface area contributed by atoms with E-state index in [9.17, 15) is 13.2 Å². The molecule has 0 spiro atoms. The lowest BCUT2D eigenvalue weighted by Gasteiger charge is -2.21. The van der Waals surface area contributed by atoms with E-state index in [1.54, 1.807) is 0 Å². The molecule has 1 saturated heterocycles. The van der Waals surface area contributed by atoms with Gasteiger partial charge in [0.25, 0.3) is 0 Å². The molecule has 0 aliphatic carbocycles. The maximum atomic E-state index is 13.0. The van der Waals surface area contributed by atoms with E-state index < -0.39 is 11.9 Å². The lowest BCUT2D eigenvalue weighted by molar-refractivity contribution is -0.141. The smallest absolute Gasteiger partial charge is 0.378 e. The fraction of sp³-hybridized carbons (Fsp3) is 0.786. The summed E-state index contributed by atoms with van der Waals surface area (Å²) in [4.78, 5) is 4.09. The summed E-state index contributed by atoms with van der Waals surface area (Å²) in [6, 6.07) is 0.137. The molecule has 0 amide bonds. The average Bonchev–Trinajstić information content (AvgIpc) is 2.80. The average molecular weight is 322 g/mol. The van der Waals surface area contributed by atoms with Crippen LogP contribution in [0.5, 0.6) is 0 Å². The van der Waals surface area contributed by atoms with Gasteiger partial charge in [0.1, 0.15) is 0 Å². The summed E-state index contributed by atoms with van der Waals surface area (Å²) in [6.07, 6.45) is -0.890. The number of nitrogens with one attached hydrogen (secondary N) is 1. The van der Waals surface area contributed by atoms with Gasteiger partial charge in [-0.1, -0.05) is 13.8 Å². The molecule has 2 heterocycles. The molecular formula is C14H21F3N2OS. The predicted molar refractivity (Wildman–Crippen MR) is 76.4 cm³/mol. The van der Waals surface area contributed by atoms with E-state index in [4.69, 9.17) is 4.74 Å². The van der Waals surface area contributed by atoms with Crippen LogP contribution >= 0.6 is 11.3 Å². The Morgan fingerprint density at radius 2 is 2.14 bits per heavy atom. The molecule has 1 N–H and O–H groups in total. The molecular weight excluding hydrogens is 301 g/mol. The number of aromatic nitrogens is 1. The number of thiazole rings is 1. The highest BCUT2D eigenvalue weighted by atomic mass is 32.1. The minimum Gasteiger partial charge on any atom is -0.378 e. The molecule has 1 unspecified atom stereocenters. The van der Waals surface area contributed by atoms with Gasteiger partial charge in [0.05, 0.1) is 16.0 Å². The zero-order valence-corrected chi connectivity index (χ0v) is 13.1. The molecule has 3 nitrogen and oxygen atoms in total. The second kappa shape index (κ2) is 7.07. The monoisotopic (exact) mass is 322 g/mol. The molecule has 2 rings (SSSR count). The van der Waals surface area contributed by atoms with E-state index in [0.29, 0.717) is 18.0 Å². The number of halogens is 3. The van der Waals surface area contributed by atoms with Gasteiger partial charge in [-0.3, -0.25) is 0 Å². The molecule has 1 fully saturated rings. The van der Waals surface area contributed by atoms with E-state index in [-0.39, 0.29) is 23.6 Å². The van der Waals surface area contributed by atoms with E-state index in [1.165, 1.54) is 0 Å². The van der Waals surface area contributed by atoms with Crippen LogP contribution in [0.2, 0.25) is 0 Å². The molecule has 1 aromatic rings. The third kappa shape index (κ3) is 4.93. The van der Waals surface area contributed by atoms with Crippen molar-refractivity contribution < 1.29 is 17.9 Å². The van der Waals surface area contributed by atoms with E-state index in [0.717, 1.165) is 30.6 Å². The summed E-state index contributed by atoms with van der Waals surface area (Å²) >= 11 is 1.15. The molecule has 1 atom stereocenters. The van der Waals surface area contributed by atoms with Crippen molar-refractivity contribution in [1.82, 2.24) is 10.3 Å². The second-order valence-electron chi connectivity index (χ2n) is 5.61. The van der Waals surface area contributed by atoms with Crippen molar-refractivity contribution in [3.05, 3.63) is 15.6 Å². The Balaban J connectivity index is 2.10. The maximum absolute atomic E-state index is 13.0. The summed E-state index contributed by atoms with van der Waals surface area (Å²) in [5, 5.41) is 3.55. The quantitative estimate of drug-likeness (QED) is 0.896. The minimum absolute atomic E-state index is 0.0110. The van der Waals surface area contributed by atoms with Crippen LogP contribution in [-0.4, -0.2) is 23.7 Å². The predicted octanol–water partition coefficient (Wildman–Crippen LogP) is 3.77. The normalized spacial score (nSPS) is 20.2. The number of nitrogens with zero attached hydrogens (tertiary/aromatic N) is 1. The number of rotatable bonds is 5. The Bertz CT molecular complexity index is 454. The van der Waals surface area contributed by atoms with Crippen LogP contribution in [0.25, 0.3) is 0 Å². The third-order valence-electron chi connectivity index (χ3n) is 3.36. The fourth-order valence-corrected chi connectivity index (χ4v) is 3.39. The van der Waals surface area contributed by atoms with Crippen molar-refractivity contribution in [2.45, 2.75) is 64.4 Å². The first-order valence-corrected chi connectivity index (χ1v) is 8.08. The van der Waals surface area contributed by atoms with E-state index in [1.807, 2.05) is 13.8 Å². The Morgan fingerprint density at radius 3 is 2.71 bits per heavy atom. The lowest BCUT2D eigenvalue weighted by atomic mass is 10.1. The molecule has 1 aliphatic rings. The van der Waals surface area contributed by atoms with Crippen molar-refractivity contribution in [2.24, 2.45) is 0 Å². The molecule has 0 aromatic carbocycles. The summed E-state index contributed by atoms with van der Waals surface area (Å²) in [5.41, 5.74) is -0.744. The van der Waals surface area contributed by atoms with Gasteiger partial charge in [-0.25, -0.2) is 4.98 Å². The summed E-state index contributed by atoms with van der Waals surface area (Å²) in [6.45, 7) is 4.72. The van der Waals surface area contributed by atoms with Crippen molar-refractivity contribution in [1.29, 1.82) is 0 Å². The van der Waals surface area contributed by atoms with E-state index >= 15 is 0 Å². The molecule has 1 aromatic heterocycles. The Kier molecular flexibility index (Phi) is 5.62. The summed E-state index contributed by atoms with van der Waals surface area (Å²) in [5.74, 6) is 0. The highest BCUT2D eigenvalue weighted by Crippen LogP contribution is 2.35. The molecule has 0 radical (unpaired) electrons. The van der Waals surface area contributed by atoms with Gasteiger partial charge < -0.3 is 10.1 Å². The second-order valence-corrected chi connectivity index (χ2v) is 6.77. The molecule has 0 bridgehead atoms. The van der Waals surface area contributed by atoms with Crippen LogP contribution in [0.15, 0.2) is 0 Å². The first kappa shape index (κ1) is 16.7. The zero-order chi connectivity index (χ0) is 15.5. The van der Waals surface area contributed by atoms with Gasteiger partial charge >= 0.3 is 6.18 Å². The Morgan fingerprint density at radius 1 is 1.38 bits per heavy atom. The number of hydrogen-bond donors (Lipinski definition) is 1. The molecule has 1 aliphatic heterocycles. The Labute approximate surface area is 126 Å². The van der Waals surface area contributed by atoms with Gasteiger partial charge in [0.2, 0.25) is 0 Å². The highest BCUT2D eigenvalue weighted by molar-refractivity contribution is 7.11. The van der Waals surface area contributed by atoms with Crippen LogP contribution in [-0.2, 0) is 23.9 Å². The van der Waals surface area contributed by atoms with Gasteiger partial charge in [-0.2, -0.15) is 13.2 Å². The first-order chi connectivity index (χ1) is 9.86. The van der Waals surface area contributed by atoms with Gasteiger partial charge in [-0.05, 0) is 19.3 Å². The molecule has 0 saturated carbocycles. The molecule has 21 heavy (non-hydrogen) atoms. The topological polar surface area (TPSA) is 34.1 Å². The molecule has 7 heteroatoms. The van der Waals surface area contributed by atoms with Crippen molar-refractivity contribution in [3.8, 4) is 0 Å². The summed E-state index contributed by atoms with van der Waals surface area (Å²) < 4.78 is 44.7. The van der Waals surface area contributed by atoms with Gasteiger partial charge in [0.15, 0.2) is 5.69 Å². The van der Waals surface area contributed by atoms with Crippen LogP contribution < -0.4 is 5.32 Å². The fourth-order valence-electron chi connectivity index (χ4n) is 2.29. The largest absolute Gasteiger partial charge is 0.434 e. The zero-order valence-electron chi connectivity index (χ0n) is 12.3. The third-order valence-corrected chi connectivity index (χ3v) is 4.43. The minimum atomic E-state index is -4.39. The van der Waals surface area contributed by atoms with Gasteiger partial charge in [0, 0.05) is 25.6 Å². The van der Waals surface area contributed by atoms with Gasteiger partial charge in [-0.15, -0.1) is 11.3 Å². The van der Waals surface area contributed by atoms with Crippen molar-refractivity contribution in [3.63, 3.8) is 0 Å². The van der Waals surface area contributed by atoms with E-state index in [2.05, 4.69) is 10.3 Å². The van der Waals surface area contributed by atoms with Crippen LogP contribution in [0.1, 0.15) is 48.7 Å². The highest BCUT2D eigenvalue weighted by Gasteiger charge is 2.37.